The number of aromatic nitrogens is 3. The minimum Gasteiger partial charge on any atom is -0.447 e. The maximum atomic E-state index is 13.6. The quantitative estimate of drug-likeness (QED) is 0.269. The molecule has 196 valence electrons. The van der Waals surface area contributed by atoms with E-state index in [2.05, 4.69) is 10.1 Å². The van der Waals surface area contributed by atoms with Crippen LogP contribution in [0.2, 0.25) is 0 Å². The van der Waals surface area contributed by atoms with Crippen molar-refractivity contribution in [2.45, 2.75) is 49.3 Å². The van der Waals surface area contributed by atoms with E-state index in [0.29, 0.717) is 25.1 Å². The zero-order valence-electron chi connectivity index (χ0n) is 19.8. The first-order valence-electron chi connectivity index (χ1n) is 11.4. The molecule has 2 aromatic heterocycles. The number of piperazine rings is 1. The van der Waals surface area contributed by atoms with Crippen LogP contribution in [-0.4, -0.2) is 94.6 Å². The fourth-order valence-electron chi connectivity index (χ4n) is 4.51. The van der Waals surface area contributed by atoms with E-state index in [-0.39, 0.29) is 30.5 Å². The summed E-state index contributed by atoms with van der Waals surface area (Å²) in [5.74, 6) is -0.331. The van der Waals surface area contributed by atoms with Gasteiger partial charge in [-0.15, -0.1) is 0 Å². The van der Waals surface area contributed by atoms with Crippen LogP contribution < -0.4 is 10.2 Å². The third kappa shape index (κ3) is 5.00. The lowest BCUT2D eigenvalue weighted by Crippen LogP contribution is -2.66. The van der Waals surface area contributed by atoms with E-state index in [9.17, 15) is 23.2 Å². The number of carbonyl (C=O) groups is 2. The van der Waals surface area contributed by atoms with Crippen molar-refractivity contribution in [1.82, 2.24) is 29.4 Å². The molecule has 3 atom stereocenters. The van der Waals surface area contributed by atoms with Crippen LogP contribution in [0.4, 0.5) is 4.79 Å². The van der Waals surface area contributed by atoms with Crippen molar-refractivity contribution in [3.63, 3.8) is 0 Å². The van der Waals surface area contributed by atoms with E-state index < -0.39 is 40.1 Å². The van der Waals surface area contributed by atoms with Crippen LogP contribution >= 0.6 is 0 Å². The molecule has 2 bridgehead atoms. The molecule has 2 aliphatic heterocycles. The average Bonchev–Trinajstić information content (AvgIpc) is 3.46. The zero-order chi connectivity index (χ0) is 25.9. The van der Waals surface area contributed by atoms with E-state index in [1.54, 1.807) is 10.9 Å². The van der Waals surface area contributed by atoms with Crippen LogP contribution in [0, 0.1) is 0 Å². The van der Waals surface area contributed by atoms with Gasteiger partial charge in [-0.25, -0.2) is 23.7 Å². The van der Waals surface area contributed by atoms with E-state index in [0.717, 1.165) is 10.5 Å². The highest BCUT2D eigenvalue weighted by Gasteiger charge is 2.55. The van der Waals surface area contributed by atoms with Crippen molar-refractivity contribution in [2.75, 3.05) is 26.9 Å². The van der Waals surface area contributed by atoms with Gasteiger partial charge >= 0.3 is 6.09 Å². The molecule has 2 aromatic rings. The number of aryl methyl sites for hydroxylation is 1. The lowest BCUT2D eigenvalue weighted by molar-refractivity contribution is -0.136. The maximum Gasteiger partial charge on any atom is 0.410 e. The summed E-state index contributed by atoms with van der Waals surface area (Å²) in [5, 5.41) is 13.5. The Morgan fingerprint density at radius 3 is 2.67 bits per heavy atom. The number of pyridine rings is 1. The van der Waals surface area contributed by atoms with Crippen molar-refractivity contribution < 1.29 is 37.4 Å². The fraction of sp³-hybridized carbons (Fsp3) is 0.524. The van der Waals surface area contributed by atoms with Crippen molar-refractivity contribution in [2.24, 2.45) is 0 Å². The molecule has 0 saturated carbocycles. The maximum absolute atomic E-state index is 13.6. The molecule has 0 radical (unpaired) electrons. The Balaban J connectivity index is 1.55. The lowest BCUT2D eigenvalue weighted by Gasteiger charge is -2.44. The number of hydroxylamine groups is 1. The van der Waals surface area contributed by atoms with Gasteiger partial charge in [0.15, 0.2) is 5.75 Å². The number of sulfonamides is 1. The van der Waals surface area contributed by atoms with Gasteiger partial charge in [0.1, 0.15) is 17.5 Å². The summed E-state index contributed by atoms with van der Waals surface area (Å²) in [6, 6.07) is 0.0578. The number of hydrogen-bond acceptors (Lipinski definition) is 10. The summed E-state index contributed by atoms with van der Waals surface area (Å²) < 4.78 is 45.5. The highest BCUT2D eigenvalue weighted by molar-refractivity contribution is 7.89. The Morgan fingerprint density at radius 1 is 1.22 bits per heavy atom. The van der Waals surface area contributed by atoms with Crippen LogP contribution in [0.15, 0.2) is 35.6 Å². The van der Waals surface area contributed by atoms with Gasteiger partial charge in [0, 0.05) is 32.3 Å². The standard InChI is InChI=1S/C21H28N6O8S/c1-3-25-13-15(10-23-25)35-18-7-5-16(11-22-18)36(31,32)26-12-14-4-6-17(19(26)20(28)24-30)27(14)21(29)34-9-8-33-2/h5,7,10-11,13-14,17,19,30H,3-4,6,8-9,12H2,1-2H3,(H,24,28)/t14-,17+,19-/m1/s1. The summed E-state index contributed by atoms with van der Waals surface area (Å²) in [6.45, 7) is 2.66. The van der Waals surface area contributed by atoms with Crippen LogP contribution in [0.1, 0.15) is 19.8 Å². The Bertz CT molecular complexity index is 1190. The monoisotopic (exact) mass is 524 g/mol. The normalized spacial score (nSPS) is 21.9. The van der Waals surface area contributed by atoms with Crippen molar-refractivity contribution in [1.29, 1.82) is 0 Å². The summed E-state index contributed by atoms with van der Waals surface area (Å²) in [5.41, 5.74) is 1.54. The van der Waals surface area contributed by atoms with Crippen LogP contribution in [0.5, 0.6) is 11.6 Å². The van der Waals surface area contributed by atoms with E-state index in [4.69, 9.17) is 14.2 Å². The molecule has 2 saturated heterocycles. The highest BCUT2D eigenvalue weighted by atomic mass is 32.2. The predicted octanol–water partition coefficient (Wildman–Crippen LogP) is 0.585. The van der Waals surface area contributed by atoms with Crippen LogP contribution in [0.3, 0.4) is 0 Å². The number of hydrogen-bond donors (Lipinski definition) is 2. The van der Waals surface area contributed by atoms with Crippen molar-refractivity contribution >= 4 is 22.0 Å². The molecule has 36 heavy (non-hydrogen) atoms. The molecule has 2 amide bonds. The lowest BCUT2D eigenvalue weighted by atomic mass is 10.1. The molecular formula is C21H28N6O8S. The van der Waals surface area contributed by atoms with Gasteiger partial charge in [-0.1, -0.05) is 0 Å². The van der Waals surface area contributed by atoms with Crippen LogP contribution in [-0.2, 0) is 30.8 Å². The molecule has 4 rings (SSSR count). The minimum atomic E-state index is -4.22. The minimum absolute atomic E-state index is 0.0173. The predicted molar refractivity (Wildman–Crippen MR) is 122 cm³/mol. The van der Waals surface area contributed by atoms with Gasteiger partial charge in [-0.05, 0) is 25.8 Å². The fourth-order valence-corrected chi connectivity index (χ4v) is 6.11. The van der Waals surface area contributed by atoms with Gasteiger partial charge in [-0.2, -0.15) is 9.40 Å². The molecule has 2 fully saturated rings. The Morgan fingerprint density at radius 2 is 2.03 bits per heavy atom. The van der Waals surface area contributed by atoms with Gasteiger partial charge in [0.25, 0.3) is 5.91 Å². The first kappa shape index (κ1) is 25.8. The summed E-state index contributed by atoms with van der Waals surface area (Å²) >= 11 is 0. The Kier molecular flexibility index (Phi) is 7.73. The van der Waals surface area contributed by atoms with Crippen molar-refractivity contribution in [3.05, 3.63) is 30.7 Å². The molecular weight excluding hydrogens is 496 g/mol. The molecule has 14 nitrogen and oxygen atoms in total. The van der Waals surface area contributed by atoms with Crippen LogP contribution in [0.25, 0.3) is 0 Å². The second-order valence-electron chi connectivity index (χ2n) is 8.27. The molecule has 2 N–H and O–H groups in total. The summed E-state index contributed by atoms with van der Waals surface area (Å²) in [4.78, 5) is 30.6. The molecule has 0 spiro atoms. The molecule has 4 heterocycles. The number of carbonyl (C=O) groups excluding carboxylic acids is 2. The summed E-state index contributed by atoms with van der Waals surface area (Å²) in [6.07, 6.45) is 4.51. The first-order chi connectivity index (χ1) is 17.3. The molecule has 0 aliphatic carbocycles. The van der Waals surface area contributed by atoms with Gasteiger partial charge in [-0.3, -0.25) is 19.6 Å². The van der Waals surface area contributed by atoms with Gasteiger partial charge in [0.05, 0.1) is 31.2 Å². The third-order valence-electron chi connectivity index (χ3n) is 6.19. The number of ether oxygens (including phenoxy) is 3. The topological polar surface area (TPSA) is 165 Å². The number of nitrogens with one attached hydrogen (secondary N) is 1. The molecule has 0 aromatic carbocycles. The van der Waals surface area contributed by atoms with E-state index in [1.165, 1.54) is 35.8 Å². The second kappa shape index (κ2) is 10.8. The smallest absolute Gasteiger partial charge is 0.410 e. The van der Waals surface area contributed by atoms with Crippen molar-refractivity contribution in [3.8, 4) is 11.6 Å². The highest BCUT2D eigenvalue weighted by Crippen LogP contribution is 2.38. The first-order valence-corrected chi connectivity index (χ1v) is 12.8. The Labute approximate surface area is 207 Å². The number of nitrogens with zero attached hydrogens (tertiary/aromatic N) is 5. The number of amides is 2. The summed E-state index contributed by atoms with van der Waals surface area (Å²) in [7, 11) is -2.75. The number of fused-ring (bicyclic) bond motifs is 2. The van der Waals surface area contributed by atoms with E-state index in [1.807, 2.05) is 6.92 Å². The average molecular weight is 525 g/mol. The molecule has 15 heteroatoms. The molecule has 0 unspecified atom stereocenters. The van der Waals surface area contributed by atoms with Gasteiger partial charge < -0.3 is 14.2 Å². The number of methoxy groups -OCH3 is 1. The largest absolute Gasteiger partial charge is 0.447 e. The molecule has 2 aliphatic rings. The van der Waals surface area contributed by atoms with Gasteiger partial charge in [0.2, 0.25) is 15.9 Å². The number of rotatable bonds is 9. The second-order valence-corrected chi connectivity index (χ2v) is 10.2. The Hall–Kier alpha value is -3.27. The third-order valence-corrected chi connectivity index (χ3v) is 8.02. The zero-order valence-corrected chi connectivity index (χ0v) is 20.6. The van der Waals surface area contributed by atoms with E-state index >= 15 is 0 Å². The SMILES string of the molecule is CCn1cc(Oc2ccc(S(=O)(=O)N3C[C@H]4CC[C@@H]([C@@H]3C(=O)NO)N4C(=O)OCCOC)cn2)cn1.